The lowest BCUT2D eigenvalue weighted by molar-refractivity contribution is 0.588. The zero-order chi connectivity index (χ0) is 10.9. The molecule has 1 saturated heterocycles. The van der Waals surface area contributed by atoms with Crippen LogP contribution in [0.2, 0.25) is 0 Å². The van der Waals surface area contributed by atoms with Gasteiger partial charge < -0.3 is 5.32 Å². The molecular weight excluding hydrogens is 216 g/mol. The molecule has 15 heavy (non-hydrogen) atoms. The van der Waals surface area contributed by atoms with E-state index in [1.165, 1.54) is 6.20 Å². The van der Waals surface area contributed by atoms with Gasteiger partial charge >= 0.3 is 0 Å². The first-order valence-corrected chi connectivity index (χ1v) is 6.33. The summed E-state index contributed by atoms with van der Waals surface area (Å²) in [6, 6.07) is 0. The third-order valence-corrected chi connectivity index (χ3v) is 4.22. The molecule has 84 valence electrons. The minimum atomic E-state index is -3.27. The van der Waals surface area contributed by atoms with Gasteiger partial charge in [-0.3, -0.25) is 9.40 Å². The van der Waals surface area contributed by atoms with Crippen molar-refractivity contribution in [3.05, 3.63) is 12.4 Å². The maximum Gasteiger partial charge on any atom is 0.237 e. The van der Waals surface area contributed by atoms with Gasteiger partial charge in [0.2, 0.25) is 10.0 Å². The molecule has 1 aromatic rings. The first-order chi connectivity index (χ1) is 7.08. The smallest absolute Gasteiger partial charge is 0.237 e. The van der Waals surface area contributed by atoms with Gasteiger partial charge in [0.1, 0.15) is 0 Å². The maximum atomic E-state index is 11.8. The average molecular weight is 230 g/mol. The fourth-order valence-corrected chi connectivity index (χ4v) is 2.98. The van der Waals surface area contributed by atoms with Crippen molar-refractivity contribution in [1.82, 2.24) is 15.1 Å². The fraction of sp³-hybridized carbons (Fsp3) is 0.625. The summed E-state index contributed by atoms with van der Waals surface area (Å²) < 4.78 is 27.7. The van der Waals surface area contributed by atoms with E-state index in [4.69, 9.17) is 0 Å². The molecule has 0 saturated carbocycles. The Balaban J connectivity index is 2.10. The van der Waals surface area contributed by atoms with Crippen LogP contribution in [0.15, 0.2) is 12.4 Å². The van der Waals surface area contributed by atoms with E-state index in [-0.39, 0.29) is 5.25 Å². The van der Waals surface area contributed by atoms with Crippen LogP contribution in [-0.4, -0.2) is 36.5 Å². The molecular formula is C8H14N4O2S. The first kappa shape index (κ1) is 10.4. The Morgan fingerprint density at radius 3 is 3.00 bits per heavy atom. The van der Waals surface area contributed by atoms with Gasteiger partial charge in [0.05, 0.1) is 17.1 Å². The van der Waals surface area contributed by atoms with E-state index in [1.807, 2.05) is 0 Å². The molecule has 1 aliphatic heterocycles. The standard InChI is InChI=1S/C8H14N4O2S/c1-12-6-7(4-10-12)11-15(13,14)8-2-3-9-5-8/h4,6,8-9,11H,2-3,5H2,1H3. The molecule has 0 aromatic carbocycles. The van der Waals surface area contributed by atoms with Crippen molar-refractivity contribution in [2.45, 2.75) is 11.7 Å². The Kier molecular flexibility index (Phi) is 2.66. The minimum absolute atomic E-state index is 0.335. The van der Waals surface area contributed by atoms with E-state index in [0.717, 1.165) is 6.54 Å². The van der Waals surface area contributed by atoms with Gasteiger partial charge in [-0.05, 0) is 13.0 Å². The number of aryl methyl sites for hydroxylation is 1. The van der Waals surface area contributed by atoms with Gasteiger partial charge in [0.25, 0.3) is 0 Å². The van der Waals surface area contributed by atoms with Crippen LogP contribution in [0.25, 0.3) is 0 Å². The lowest BCUT2D eigenvalue weighted by atomic mass is 10.4. The molecule has 1 unspecified atom stereocenters. The Labute approximate surface area is 88.7 Å². The van der Waals surface area contributed by atoms with Gasteiger partial charge in [-0.15, -0.1) is 0 Å². The minimum Gasteiger partial charge on any atom is -0.315 e. The lowest BCUT2D eigenvalue weighted by Crippen LogP contribution is -2.29. The SMILES string of the molecule is Cn1cc(NS(=O)(=O)C2CCNC2)cn1. The molecule has 1 aromatic heterocycles. The van der Waals surface area contributed by atoms with Crippen LogP contribution in [0.3, 0.4) is 0 Å². The molecule has 0 radical (unpaired) electrons. The molecule has 2 N–H and O–H groups in total. The van der Waals surface area contributed by atoms with Crippen molar-refractivity contribution < 1.29 is 8.42 Å². The number of hydrogen-bond acceptors (Lipinski definition) is 4. The van der Waals surface area contributed by atoms with Gasteiger partial charge in [-0.25, -0.2) is 8.42 Å². The Morgan fingerprint density at radius 2 is 2.47 bits per heavy atom. The van der Waals surface area contributed by atoms with Crippen molar-refractivity contribution in [2.24, 2.45) is 7.05 Å². The fourth-order valence-electron chi connectivity index (χ4n) is 1.61. The van der Waals surface area contributed by atoms with E-state index in [1.54, 1.807) is 17.9 Å². The average Bonchev–Trinajstić information content (AvgIpc) is 2.75. The third-order valence-electron chi connectivity index (χ3n) is 2.42. The number of aromatic nitrogens is 2. The molecule has 1 aliphatic rings. The van der Waals surface area contributed by atoms with E-state index in [9.17, 15) is 8.42 Å². The number of nitrogens with zero attached hydrogens (tertiary/aromatic N) is 2. The summed E-state index contributed by atoms with van der Waals surface area (Å²) in [7, 11) is -1.52. The van der Waals surface area contributed by atoms with Crippen molar-refractivity contribution in [3.8, 4) is 0 Å². The maximum absolute atomic E-state index is 11.8. The Hall–Kier alpha value is -1.08. The predicted molar refractivity (Wildman–Crippen MR) is 57.0 cm³/mol. The van der Waals surface area contributed by atoms with E-state index < -0.39 is 10.0 Å². The number of anilines is 1. The molecule has 2 rings (SSSR count). The predicted octanol–water partition coefficient (Wildman–Crippen LogP) is -0.476. The summed E-state index contributed by atoms with van der Waals surface area (Å²) in [6.07, 6.45) is 3.80. The molecule has 2 heterocycles. The van der Waals surface area contributed by atoms with Crippen LogP contribution in [0.5, 0.6) is 0 Å². The van der Waals surface area contributed by atoms with Gasteiger partial charge in [-0.2, -0.15) is 5.10 Å². The van der Waals surface area contributed by atoms with Crippen LogP contribution < -0.4 is 10.0 Å². The van der Waals surface area contributed by atoms with Crippen molar-refractivity contribution in [1.29, 1.82) is 0 Å². The second-order valence-corrected chi connectivity index (χ2v) is 5.63. The van der Waals surface area contributed by atoms with Gasteiger partial charge in [0, 0.05) is 19.8 Å². The highest BCUT2D eigenvalue weighted by atomic mass is 32.2. The summed E-state index contributed by atoms with van der Waals surface area (Å²) in [6.45, 7) is 1.29. The number of rotatable bonds is 3. The third kappa shape index (κ3) is 2.29. The quantitative estimate of drug-likeness (QED) is 0.735. The monoisotopic (exact) mass is 230 g/mol. The van der Waals surface area contributed by atoms with E-state index in [0.29, 0.717) is 18.7 Å². The topological polar surface area (TPSA) is 76.0 Å². The number of sulfonamides is 1. The normalized spacial score (nSPS) is 21.8. The second kappa shape index (κ2) is 3.82. The highest BCUT2D eigenvalue weighted by Crippen LogP contribution is 2.14. The molecule has 6 nitrogen and oxygen atoms in total. The summed E-state index contributed by atoms with van der Waals surface area (Å²) >= 11 is 0. The van der Waals surface area contributed by atoms with Gasteiger partial charge in [-0.1, -0.05) is 0 Å². The van der Waals surface area contributed by atoms with Crippen LogP contribution in [0.1, 0.15) is 6.42 Å². The van der Waals surface area contributed by atoms with Crippen molar-refractivity contribution in [3.63, 3.8) is 0 Å². The summed E-state index contributed by atoms with van der Waals surface area (Å²) in [5.41, 5.74) is 0.518. The molecule has 0 amide bonds. The van der Waals surface area contributed by atoms with Crippen LogP contribution in [0, 0.1) is 0 Å². The summed E-state index contributed by atoms with van der Waals surface area (Å²) in [5, 5.41) is 6.60. The summed E-state index contributed by atoms with van der Waals surface area (Å²) in [4.78, 5) is 0. The largest absolute Gasteiger partial charge is 0.315 e. The first-order valence-electron chi connectivity index (χ1n) is 4.79. The van der Waals surface area contributed by atoms with Crippen molar-refractivity contribution >= 4 is 15.7 Å². The molecule has 1 fully saturated rings. The molecule has 7 heteroatoms. The van der Waals surface area contributed by atoms with Crippen LogP contribution >= 0.6 is 0 Å². The Bertz CT molecular complexity index is 433. The van der Waals surface area contributed by atoms with Crippen LogP contribution in [-0.2, 0) is 17.1 Å². The van der Waals surface area contributed by atoms with Crippen LogP contribution in [0.4, 0.5) is 5.69 Å². The summed E-state index contributed by atoms with van der Waals surface area (Å²) in [5.74, 6) is 0. The Morgan fingerprint density at radius 1 is 1.67 bits per heavy atom. The molecule has 0 aliphatic carbocycles. The molecule has 0 bridgehead atoms. The van der Waals surface area contributed by atoms with E-state index in [2.05, 4.69) is 15.1 Å². The molecule has 1 atom stereocenters. The molecule has 0 spiro atoms. The second-order valence-electron chi connectivity index (χ2n) is 3.66. The van der Waals surface area contributed by atoms with Gasteiger partial charge in [0.15, 0.2) is 0 Å². The zero-order valence-corrected chi connectivity index (χ0v) is 9.29. The zero-order valence-electron chi connectivity index (χ0n) is 8.47. The van der Waals surface area contributed by atoms with E-state index >= 15 is 0 Å². The lowest BCUT2D eigenvalue weighted by Gasteiger charge is -2.10. The highest BCUT2D eigenvalue weighted by molar-refractivity contribution is 7.93. The van der Waals surface area contributed by atoms with Crippen molar-refractivity contribution in [2.75, 3.05) is 17.8 Å². The number of hydrogen-bond donors (Lipinski definition) is 2. The number of nitrogens with one attached hydrogen (secondary N) is 2. The highest BCUT2D eigenvalue weighted by Gasteiger charge is 2.28.